The van der Waals surface area contributed by atoms with E-state index in [0.29, 0.717) is 5.88 Å². The summed E-state index contributed by atoms with van der Waals surface area (Å²) in [5.41, 5.74) is 0. The number of aromatic nitrogens is 1. The van der Waals surface area contributed by atoms with Gasteiger partial charge in [0.05, 0.1) is 16.7 Å². The van der Waals surface area contributed by atoms with Gasteiger partial charge in [-0.15, -0.1) is 34.7 Å². The van der Waals surface area contributed by atoms with Crippen molar-refractivity contribution in [2.75, 3.05) is 0 Å². The molecule has 0 aliphatic heterocycles. The minimum absolute atomic E-state index is 0.536. The van der Waals surface area contributed by atoms with Crippen molar-refractivity contribution in [1.82, 2.24) is 4.98 Å². The van der Waals surface area contributed by atoms with Gasteiger partial charge in [0.15, 0.2) is 0 Å². The van der Waals surface area contributed by atoms with Crippen molar-refractivity contribution in [2.24, 2.45) is 0 Å². The van der Waals surface area contributed by atoms with Gasteiger partial charge in [-0.1, -0.05) is 23.7 Å². The highest BCUT2D eigenvalue weighted by molar-refractivity contribution is 7.98. The van der Waals surface area contributed by atoms with E-state index in [1.165, 1.54) is 0 Å². The Morgan fingerprint density at radius 3 is 2.81 bits per heavy atom. The molecule has 0 aliphatic carbocycles. The molecule has 1 aromatic carbocycles. The molecule has 0 N–H and O–H groups in total. The molecule has 0 amide bonds. The molecule has 2 rings (SSSR count). The van der Waals surface area contributed by atoms with Crippen LogP contribution in [0, 0.1) is 0 Å². The van der Waals surface area contributed by atoms with E-state index in [2.05, 4.69) is 4.98 Å². The molecule has 0 saturated carbocycles. The van der Waals surface area contributed by atoms with E-state index in [1.807, 2.05) is 30.5 Å². The van der Waals surface area contributed by atoms with Crippen molar-refractivity contribution in [1.29, 1.82) is 0 Å². The lowest BCUT2D eigenvalue weighted by Gasteiger charge is -2.01. The van der Waals surface area contributed by atoms with Gasteiger partial charge < -0.3 is 0 Å². The Balaban J connectivity index is 1.99. The molecule has 0 saturated heterocycles. The average Bonchev–Trinajstić information content (AvgIpc) is 2.76. The Kier molecular flexibility index (Phi) is 4.53. The van der Waals surface area contributed by atoms with E-state index in [9.17, 15) is 0 Å². The predicted molar refractivity (Wildman–Crippen MR) is 72.7 cm³/mol. The Morgan fingerprint density at radius 1 is 1.31 bits per heavy atom. The van der Waals surface area contributed by atoms with Crippen LogP contribution in [0.3, 0.4) is 0 Å². The van der Waals surface area contributed by atoms with E-state index in [4.69, 9.17) is 23.2 Å². The summed E-state index contributed by atoms with van der Waals surface area (Å²) in [5.74, 6) is 1.37. The first-order valence-electron chi connectivity index (χ1n) is 4.66. The summed E-state index contributed by atoms with van der Waals surface area (Å²) in [4.78, 5) is 6.50. The molecule has 1 heterocycles. The van der Waals surface area contributed by atoms with Gasteiger partial charge in [-0.25, -0.2) is 4.98 Å². The third-order valence-electron chi connectivity index (χ3n) is 1.92. The van der Waals surface area contributed by atoms with Crippen LogP contribution in [0.5, 0.6) is 0 Å². The fourth-order valence-electron chi connectivity index (χ4n) is 1.18. The molecule has 5 heteroatoms. The predicted octanol–water partition coefficient (Wildman–Crippen LogP) is 4.83. The third kappa shape index (κ3) is 3.14. The van der Waals surface area contributed by atoms with Crippen LogP contribution < -0.4 is 0 Å². The quantitative estimate of drug-likeness (QED) is 0.591. The van der Waals surface area contributed by atoms with E-state index < -0.39 is 0 Å². The van der Waals surface area contributed by atoms with Crippen molar-refractivity contribution in [3.63, 3.8) is 0 Å². The number of thiazole rings is 1. The zero-order chi connectivity index (χ0) is 11.4. The number of hydrogen-bond acceptors (Lipinski definition) is 3. The van der Waals surface area contributed by atoms with Crippen LogP contribution in [0.1, 0.15) is 9.88 Å². The monoisotopic (exact) mass is 289 g/mol. The molecular formula is C11H9Cl2NS2. The smallest absolute Gasteiger partial charge is 0.103 e. The molecule has 2 aromatic rings. The molecule has 0 unspecified atom stereocenters. The average molecular weight is 290 g/mol. The van der Waals surface area contributed by atoms with E-state index in [0.717, 1.165) is 25.6 Å². The first kappa shape index (κ1) is 12.2. The summed E-state index contributed by atoms with van der Waals surface area (Å²) < 4.78 is 0. The van der Waals surface area contributed by atoms with Gasteiger partial charge in [-0.3, -0.25) is 0 Å². The van der Waals surface area contributed by atoms with Crippen LogP contribution in [-0.2, 0) is 11.6 Å². The lowest BCUT2D eigenvalue weighted by atomic mass is 10.4. The Labute approximate surface area is 113 Å². The van der Waals surface area contributed by atoms with Gasteiger partial charge in [0.1, 0.15) is 5.01 Å². The second-order valence-corrected chi connectivity index (χ2v) is 5.96. The molecule has 0 radical (unpaired) electrons. The standard InChI is InChI=1S/C11H9Cl2NS2/c12-5-8-6-14-11(16-8)7-15-10-4-2-1-3-9(10)13/h1-4,6H,5,7H2. The lowest BCUT2D eigenvalue weighted by Crippen LogP contribution is -1.78. The zero-order valence-electron chi connectivity index (χ0n) is 8.32. The molecular weight excluding hydrogens is 281 g/mol. The van der Waals surface area contributed by atoms with Crippen molar-refractivity contribution in [3.05, 3.63) is 45.4 Å². The minimum atomic E-state index is 0.536. The number of nitrogens with zero attached hydrogens (tertiary/aromatic N) is 1. The number of halogens is 2. The molecule has 1 aromatic heterocycles. The number of thioether (sulfide) groups is 1. The minimum Gasteiger partial charge on any atom is -0.248 e. The van der Waals surface area contributed by atoms with Crippen LogP contribution in [0.4, 0.5) is 0 Å². The summed E-state index contributed by atoms with van der Waals surface area (Å²) in [6, 6.07) is 7.83. The summed E-state index contributed by atoms with van der Waals surface area (Å²) in [6.07, 6.45) is 1.83. The fourth-order valence-corrected chi connectivity index (χ4v) is 3.42. The maximum absolute atomic E-state index is 6.06. The summed E-state index contributed by atoms with van der Waals surface area (Å²) >= 11 is 15.1. The second kappa shape index (κ2) is 5.92. The van der Waals surface area contributed by atoms with Crippen LogP contribution >= 0.6 is 46.3 Å². The van der Waals surface area contributed by atoms with Gasteiger partial charge >= 0.3 is 0 Å². The highest BCUT2D eigenvalue weighted by Gasteiger charge is 2.04. The van der Waals surface area contributed by atoms with Gasteiger partial charge in [0, 0.05) is 16.0 Å². The molecule has 1 nitrogen and oxygen atoms in total. The first-order chi connectivity index (χ1) is 7.79. The molecule has 0 spiro atoms. The third-order valence-corrected chi connectivity index (χ3v) is 5.07. The Morgan fingerprint density at radius 2 is 2.12 bits per heavy atom. The van der Waals surface area contributed by atoms with Crippen molar-refractivity contribution in [2.45, 2.75) is 16.5 Å². The van der Waals surface area contributed by atoms with Crippen molar-refractivity contribution < 1.29 is 0 Å². The zero-order valence-corrected chi connectivity index (χ0v) is 11.5. The highest BCUT2D eigenvalue weighted by atomic mass is 35.5. The molecule has 84 valence electrons. The van der Waals surface area contributed by atoms with Gasteiger partial charge in [-0.2, -0.15) is 0 Å². The molecule has 16 heavy (non-hydrogen) atoms. The van der Waals surface area contributed by atoms with E-state index >= 15 is 0 Å². The number of benzene rings is 1. The van der Waals surface area contributed by atoms with Crippen LogP contribution in [0.2, 0.25) is 5.02 Å². The highest BCUT2D eigenvalue weighted by Crippen LogP contribution is 2.30. The molecule has 0 bridgehead atoms. The number of rotatable bonds is 4. The van der Waals surface area contributed by atoms with E-state index in [1.54, 1.807) is 23.1 Å². The normalized spacial score (nSPS) is 10.6. The Bertz CT molecular complexity index is 471. The second-order valence-electron chi connectivity index (χ2n) is 3.07. The SMILES string of the molecule is ClCc1cnc(CSc2ccccc2Cl)s1. The van der Waals surface area contributed by atoms with Crippen molar-refractivity contribution >= 4 is 46.3 Å². The fraction of sp³-hybridized carbons (Fsp3) is 0.182. The van der Waals surface area contributed by atoms with Gasteiger partial charge in [0.25, 0.3) is 0 Å². The van der Waals surface area contributed by atoms with Crippen LogP contribution in [-0.4, -0.2) is 4.98 Å². The topological polar surface area (TPSA) is 12.9 Å². The van der Waals surface area contributed by atoms with Gasteiger partial charge in [-0.05, 0) is 12.1 Å². The summed E-state index contributed by atoms with van der Waals surface area (Å²) in [6.45, 7) is 0. The first-order valence-corrected chi connectivity index (χ1v) is 7.38. The maximum Gasteiger partial charge on any atom is 0.103 e. The van der Waals surface area contributed by atoms with E-state index in [-0.39, 0.29) is 0 Å². The Hall–Kier alpha value is -0.220. The van der Waals surface area contributed by atoms with Gasteiger partial charge in [0.2, 0.25) is 0 Å². The van der Waals surface area contributed by atoms with Crippen LogP contribution in [0.25, 0.3) is 0 Å². The number of hydrogen-bond donors (Lipinski definition) is 0. The molecule has 0 fully saturated rings. The maximum atomic E-state index is 6.06. The largest absolute Gasteiger partial charge is 0.248 e. The summed E-state index contributed by atoms with van der Waals surface area (Å²) in [7, 11) is 0. The molecule has 0 atom stereocenters. The lowest BCUT2D eigenvalue weighted by molar-refractivity contribution is 1.25. The van der Waals surface area contributed by atoms with Crippen LogP contribution in [0.15, 0.2) is 35.4 Å². The summed E-state index contributed by atoms with van der Waals surface area (Å²) in [5, 5.41) is 1.88. The number of alkyl halides is 1. The molecule has 0 aliphatic rings. The van der Waals surface area contributed by atoms with Crippen molar-refractivity contribution in [3.8, 4) is 0 Å².